The van der Waals surface area contributed by atoms with Crippen molar-refractivity contribution in [2.45, 2.75) is 20.4 Å². The lowest BCUT2D eigenvalue weighted by Gasteiger charge is -2.09. The number of aromatic nitrogens is 4. The summed E-state index contributed by atoms with van der Waals surface area (Å²) in [6.45, 7) is 4.05. The van der Waals surface area contributed by atoms with Crippen molar-refractivity contribution in [3.63, 3.8) is 0 Å². The topological polar surface area (TPSA) is 89.8 Å². The van der Waals surface area contributed by atoms with Crippen LogP contribution in [0.2, 0.25) is 0 Å². The van der Waals surface area contributed by atoms with E-state index >= 15 is 0 Å². The fourth-order valence-corrected chi connectivity index (χ4v) is 2.54. The second-order valence-electron chi connectivity index (χ2n) is 5.82. The zero-order valence-electron chi connectivity index (χ0n) is 14.6. The smallest absolute Gasteiger partial charge is 0.266 e. The second kappa shape index (κ2) is 7.69. The number of nitrogens with zero attached hydrogens (tertiary/aromatic N) is 4. The van der Waals surface area contributed by atoms with Crippen LogP contribution in [0.1, 0.15) is 23.0 Å². The first-order valence-electron chi connectivity index (χ1n) is 8.26. The molecule has 0 aliphatic heterocycles. The fourth-order valence-electron chi connectivity index (χ4n) is 2.54. The average Bonchev–Trinajstić information content (AvgIpc) is 2.64. The van der Waals surface area contributed by atoms with E-state index in [0.29, 0.717) is 30.3 Å². The second-order valence-corrected chi connectivity index (χ2v) is 5.82. The van der Waals surface area contributed by atoms with Gasteiger partial charge in [-0.1, -0.05) is 30.3 Å². The molecule has 2 heterocycles. The highest BCUT2D eigenvalue weighted by molar-refractivity contribution is 5.94. The van der Waals surface area contributed by atoms with Crippen molar-refractivity contribution in [1.29, 1.82) is 0 Å². The van der Waals surface area contributed by atoms with Gasteiger partial charge in [0.15, 0.2) is 5.78 Å². The summed E-state index contributed by atoms with van der Waals surface area (Å²) in [5, 5.41) is 7.46. The van der Waals surface area contributed by atoms with Crippen molar-refractivity contribution in [3.8, 4) is 11.3 Å². The number of benzene rings is 1. The van der Waals surface area contributed by atoms with Crippen LogP contribution in [0, 0.1) is 6.92 Å². The van der Waals surface area contributed by atoms with Crippen molar-refractivity contribution in [2.75, 3.05) is 11.9 Å². The normalized spacial score (nSPS) is 10.5. The summed E-state index contributed by atoms with van der Waals surface area (Å²) < 4.78 is 1.41. The third-order valence-corrected chi connectivity index (χ3v) is 3.90. The first-order valence-corrected chi connectivity index (χ1v) is 8.26. The molecule has 1 N–H and O–H groups in total. The van der Waals surface area contributed by atoms with Crippen LogP contribution >= 0.6 is 0 Å². The number of carbonyl (C=O) groups excluding carboxylic acids is 1. The summed E-state index contributed by atoms with van der Waals surface area (Å²) in [5.41, 5.74) is 2.65. The van der Waals surface area contributed by atoms with Crippen LogP contribution in [0.3, 0.4) is 0 Å². The Bertz CT molecular complexity index is 983. The lowest BCUT2D eigenvalue weighted by Crippen LogP contribution is -2.26. The lowest BCUT2D eigenvalue weighted by molar-refractivity contribution is 0.101. The number of hydrogen-bond acceptors (Lipinski definition) is 6. The number of rotatable bonds is 6. The van der Waals surface area contributed by atoms with Crippen LogP contribution in [0.4, 0.5) is 5.95 Å². The Labute approximate surface area is 150 Å². The highest BCUT2D eigenvalue weighted by atomic mass is 16.1. The Morgan fingerprint density at radius 3 is 2.62 bits per heavy atom. The largest absolute Gasteiger partial charge is 0.352 e. The molecule has 0 bridgehead atoms. The fraction of sp³-hybridized carbons (Fsp3) is 0.211. The summed E-state index contributed by atoms with van der Waals surface area (Å²) in [4.78, 5) is 31.8. The van der Waals surface area contributed by atoms with Gasteiger partial charge < -0.3 is 5.32 Å². The van der Waals surface area contributed by atoms with Crippen LogP contribution in [-0.2, 0) is 6.54 Å². The summed E-state index contributed by atoms with van der Waals surface area (Å²) >= 11 is 0. The van der Waals surface area contributed by atoms with Gasteiger partial charge in [0, 0.05) is 24.4 Å². The monoisotopic (exact) mass is 349 g/mol. The van der Waals surface area contributed by atoms with Gasteiger partial charge in [0.1, 0.15) is 0 Å². The minimum Gasteiger partial charge on any atom is -0.352 e. The molecule has 0 saturated heterocycles. The van der Waals surface area contributed by atoms with E-state index in [1.165, 1.54) is 23.9 Å². The van der Waals surface area contributed by atoms with Crippen molar-refractivity contribution in [1.82, 2.24) is 19.7 Å². The third kappa shape index (κ3) is 4.00. The number of hydrogen-bond donors (Lipinski definition) is 1. The number of Topliss-reactive ketones (excluding diaryl/α,β-unsaturated/α-hetero) is 1. The van der Waals surface area contributed by atoms with E-state index in [-0.39, 0.29) is 11.3 Å². The Kier molecular flexibility index (Phi) is 5.17. The molecule has 3 aromatic rings. The minimum absolute atomic E-state index is 0.0671. The van der Waals surface area contributed by atoms with Crippen molar-refractivity contribution in [2.24, 2.45) is 0 Å². The van der Waals surface area contributed by atoms with E-state index in [1.807, 2.05) is 30.3 Å². The molecule has 0 atom stereocenters. The molecular weight excluding hydrogens is 330 g/mol. The number of nitrogens with one attached hydrogen (secondary N) is 1. The van der Waals surface area contributed by atoms with Crippen LogP contribution < -0.4 is 10.9 Å². The van der Waals surface area contributed by atoms with Crippen LogP contribution in [0.25, 0.3) is 11.3 Å². The van der Waals surface area contributed by atoms with Crippen molar-refractivity contribution >= 4 is 11.7 Å². The summed E-state index contributed by atoms with van der Waals surface area (Å²) in [5.74, 6) is 0.349. The molecule has 7 nitrogen and oxygen atoms in total. The van der Waals surface area contributed by atoms with E-state index < -0.39 is 0 Å². The maximum absolute atomic E-state index is 12.0. The Balaban J connectivity index is 1.69. The lowest BCUT2D eigenvalue weighted by atomic mass is 10.1. The highest BCUT2D eigenvalue weighted by Gasteiger charge is 2.07. The average molecular weight is 349 g/mol. The molecule has 0 amide bonds. The maximum Gasteiger partial charge on any atom is 0.266 e. The van der Waals surface area contributed by atoms with Crippen LogP contribution in [0.5, 0.6) is 0 Å². The molecule has 0 radical (unpaired) electrons. The predicted octanol–water partition coefficient (Wildman–Crippen LogP) is 2.32. The highest BCUT2D eigenvalue weighted by Crippen LogP contribution is 2.14. The molecule has 2 aromatic heterocycles. The van der Waals surface area contributed by atoms with Crippen molar-refractivity contribution in [3.05, 3.63) is 70.3 Å². The van der Waals surface area contributed by atoms with Gasteiger partial charge in [-0.25, -0.2) is 14.6 Å². The van der Waals surface area contributed by atoms with E-state index in [4.69, 9.17) is 0 Å². The molecule has 1 aromatic carbocycles. The van der Waals surface area contributed by atoms with Gasteiger partial charge in [-0.15, -0.1) is 0 Å². The molecule has 0 unspecified atom stereocenters. The zero-order valence-corrected chi connectivity index (χ0v) is 14.6. The summed E-state index contributed by atoms with van der Waals surface area (Å²) in [6, 6.07) is 12.9. The van der Waals surface area contributed by atoms with E-state index in [2.05, 4.69) is 20.4 Å². The minimum atomic E-state index is -0.171. The molecule has 0 saturated carbocycles. The Hall–Kier alpha value is -3.35. The van der Waals surface area contributed by atoms with Gasteiger partial charge in [0.2, 0.25) is 5.95 Å². The van der Waals surface area contributed by atoms with Crippen LogP contribution in [-0.4, -0.2) is 32.1 Å². The Morgan fingerprint density at radius 1 is 1.15 bits per heavy atom. The Morgan fingerprint density at radius 2 is 1.92 bits per heavy atom. The van der Waals surface area contributed by atoms with Gasteiger partial charge in [-0.3, -0.25) is 9.59 Å². The number of carbonyl (C=O) groups is 1. The number of anilines is 1. The molecule has 0 aliphatic carbocycles. The SMILES string of the molecule is CC(=O)c1cnc(NCCn2nc(-c3ccccc3)ccc2=O)nc1C. The number of aryl methyl sites for hydroxylation is 1. The molecule has 7 heteroatoms. The zero-order chi connectivity index (χ0) is 18.5. The molecule has 26 heavy (non-hydrogen) atoms. The molecule has 0 aliphatic rings. The summed E-state index contributed by atoms with van der Waals surface area (Å²) in [6.07, 6.45) is 1.51. The van der Waals surface area contributed by atoms with Gasteiger partial charge in [0.05, 0.1) is 23.5 Å². The first kappa shape index (κ1) is 17.5. The van der Waals surface area contributed by atoms with Crippen molar-refractivity contribution < 1.29 is 4.79 Å². The summed E-state index contributed by atoms with van der Waals surface area (Å²) in [7, 11) is 0. The van der Waals surface area contributed by atoms with Gasteiger partial charge in [0.25, 0.3) is 5.56 Å². The van der Waals surface area contributed by atoms with Gasteiger partial charge in [-0.2, -0.15) is 5.10 Å². The first-order chi connectivity index (χ1) is 12.5. The quantitative estimate of drug-likeness (QED) is 0.687. The number of ketones is 1. The predicted molar refractivity (Wildman–Crippen MR) is 99.2 cm³/mol. The van der Waals surface area contributed by atoms with E-state index in [0.717, 1.165) is 11.3 Å². The standard InChI is InChI=1S/C19H19N5O2/c1-13-16(14(2)25)12-21-19(22-13)20-10-11-24-18(26)9-8-17(23-24)15-6-4-3-5-7-15/h3-9,12H,10-11H2,1-2H3,(H,20,21,22). The van der Waals surface area contributed by atoms with Crippen LogP contribution in [0.15, 0.2) is 53.5 Å². The van der Waals surface area contributed by atoms with E-state index in [1.54, 1.807) is 13.0 Å². The third-order valence-electron chi connectivity index (χ3n) is 3.90. The molecule has 3 rings (SSSR count). The molecule has 132 valence electrons. The molecule has 0 fully saturated rings. The van der Waals surface area contributed by atoms with Gasteiger partial charge >= 0.3 is 0 Å². The van der Waals surface area contributed by atoms with E-state index in [9.17, 15) is 9.59 Å². The van der Waals surface area contributed by atoms with Gasteiger partial charge in [-0.05, 0) is 19.9 Å². The molecule has 0 spiro atoms. The maximum atomic E-state index is 12.0. The molecular formula is C19H19N5O2.